The highest BCUT2D eigenvalue weighted by atomic mass is 32.1. The number of hydrogen-bond donors (Lipinski definition) is 2. The molecule has 0 aliphatic rings. The molecule has 0 fully saturated rings. The molecule has 2 aromatic heterocycles. The van der Waals surface area contributed by atoms with Gasteiger partial charge >= 0.3 is 0 Å². The molecule has 2 rings (SSSR count). The second-order valence-electron chi connectivity index (χ2n) is 3.95. The summed E-state index contributed by atoms with van der Waals surface area (Å²) in [4.78, 5) is 4.40. The van der Waals surface area contributed by atoms with Crippen LogP contribution in [0.1, 0.15) is 24.4 Å². The van der Waals surface area contributed by atoms with Gasteiger partial charge in [0.1, 0.15) is 11.3 Å². The molecule has 0 amide bonds. The summed E-state index contributed by atoms with van der Waals surface area (Å²) in [6.07, 6.45) is 5.01. The molecule has 0 aromatic carbocycles. The van der Waals surface area contributed by atoms with Gasteiger partial charge in [0, 0.05) is 18.8 Å². The van der Waals surface area contributed by atoms with E-state index in [1.54, 1.807) is 24.8 Å². The zero-order valence-corrected chi connectivity index (χ0v) is 11.0. The SMILES string of the molecule is CC(Nc1cnccc1C(N)=S)c1nncn1C. The molecule has 0 radical (unpaired) electrons. The maximum atomic E-state index is 5.67. The largest absolute Gasteiger partial charge is 0.389 e. The van der Waals surface area contributed by atoms with E-state index in [0.29, 0.717) is 4.99 Å². The zero-order chi connectivity index (χ0) is 13.1. The van der Waals surface area contributed by atoms with E-state index in [2.05, 4.69) is 20.5 Å². The first-order valence-electron chi connectivity index (χ1n) is 5.44. The van der Waals surface area contributed by atoms with Crippen LogP contribution in [-0.4, -0.2) is 24.7 Å². The molecule has 3 N–H and O–H groups in total. The number of aromatic nitrogens is 4. The number of nitrogens with one attached hydrogen (secondary N) is 1. The van der Waals surface area contributed by atoms with Crippen molar-refractivity contribution in [3.05, 3.63) is 36.2 Å². The number of hydrogen-bond acceptors (Lipinski definition) is 5. The Labute approximate surface area is 110 Å². The van der Waals surface area contributed by atoms with E-state index < -0.39 is 0 Å². The van der Waals surface area contributed by atoms with E-state index in [1.165, 1.54) is 0 Å². The summed E-state index contributed by atoms with van der Waals surface area (Å²) >= 11 is 5.01. The van der Waals surface area contributed by atoms with Gasteiger partial charge in [-0.2, -0.15) is 0 Å². The third-order valence-corrected chi connectivity index (χ3v) is 2.81. The van der Waals surface area contributed by atoms with Crippen LogP contribution in [0.3, 0.4) is 0 Å². The standard InChI is InChI=1S/C11H14N6S/c1-7(11-16-14-6-17(11)2)15-9-5-13-4-3-8(9)10(12)18/h3-7,15H,1-2H3,(H2,12,18). The summed E-state index contributed by atoms with van der Waals surface area (Å²) in [5.41, 5.74) is 7.23. The lowest BCUT2D eigenvalue weighted by atomic mass is 10.2. The number of nitrogens with two attached hydrogens (primary N) is 1. The molecule has 0 saturated carbocycles. The Morgan fingerprint density at radius 2 is 2.33 bits per heavy atom. The molecule has 7 heteroatoms. The maximum Gasteiger partial charge on any atom is 0.154 e. The van der Waals surface area contributed by atoms with Crippen molar-refractivity contribution in [2.24, 2.45) is 12.8 Å². The zero-order valence-electron chi connectivity index (χ0n) is 10.2. The van der Waals surface area contributed by atoms with Crippen molar-refractivity contribution in [3.8, 4) is 0 Å². The van der Waals surface area contributed by atoms with E-state index in [-0.39, 0.29) is 6.04 Å². The number of rotatable bonds is 4. The summed E-state index contributed by atoms with van der Waals surface area (Å²) in [5, 5.41) is 11.2. The van der Waals surface area contributed by atoms with Crippen LogP contribution in [0, 0.1) is 0 Å². The molecule has 1 unspecified atom stereocenters. The summed E-state index contributed by atoms with van der Waals surface area (Å²) in [6.45, 7) is 1.99. The minimum absolute atomic E-state index is 0.0187. The van der Waals surface area contributed by atoms with Crippen molar-refractivity contribution in [1.29, 1.82) is 0 Å². The summed E-state index contributed by atoms with van der Waals surface area (Å²) in [7, 11) is 1.89. The monoisotopic (exact) mass is 262 g/mol. The van der Waals surface area contributed by atoms with Crippen LogP contribution in [0.4, 0.5) is 5.69 Å². The number of thiocarbonyl (C=S) groups is 1. The van der Waals surface area contributed by atoms with E-state index in [0.717, 1.165) is 17.1 Å². The molecule has 0 bridgehead atoms. The average Bonchev–Trinajstić information content (AvgIpc) is 2.76. The van der Waals surface area contributed by atoms with E-state index >= 15 is 0 Å². The van der Waals surface area contributed by atoms with Crippen LogP contribution in [0.5, 0.6) is 0 Å². The number of anilines is 1. The summed E-state index contributed by atoms with van der Waals surface area (Å²) < 4.78 is 1.86. The Bertz CT molecular complexity index is 564. The molecule has 0 aliphatic heterocycles. The van der Waals surface area contributed by atoms with Crippen LogP contribution >= 0.6 is 12.2 Å². The number of nitrogens with zero attached hydrogens (tertiary/aromatic N) is 4. The van der Waals surface area contributed by atoms with Gasteiger partial charge in [0.2, 0.25) is 0 Å². The third-order valence-electron chi connectivity index (χ3n) is 2.59. The van der Waals surface area contributed by atoms with Crippen molar-refractivity contribution in [1.82, 2.24) is 19.7 Å². The van der Waals surface area contributed by atoms with Crippen molar-refractivity contribution < 1.29 is 0 Å². The van der Waals surface area contributed by atoms with Gasteiger partial charge in [-0.1, -0.05) is 12.2 Å². The quantitative estimate of drug-likeness (QED) is 0.801. The van der Waals surface area contributed by atoms with Gasteiger partial charge in [0.25, 0.3) is 0 Å². The van der Waals surface area contributed by atoms with Gasteiger partial charge in [0.15, 0.2) is 5.82 Å². The van der Waals surface area contributed by atoms with Gasteiger partial charge in [-0.3, -0.25) is 4.98 Å². The van der Waals surface area contributed by atoms with Gasteiger partial charge in [-0.25, -0.2) is 0 Å². The molecule has 0 saturated heterocycles. The second kappa shape index (κ2) is 5.09. The van der Waals surface area contributed by atoms with Crippen LogP contribution in [0.2, 0.25) is 0 Å². The molecule has 0 aliphatic carbocycles. The van der Waals surface area contributed by atoms with Crippen LogP contribution in [0.25, 0.3) is 0 Å². The summed E-state index contributed by atoms with van der Waals surface area (Å²) in [6, 6.07) is 1.77. The van der Waals surface area contributed by atoms with E-state index in [1.807, 2.05) is 18.5 Å². The average molecular weight is 262 g/mol. The Hall–Kier alpha value is -2.02. The first-order valence-corrected chi connectivity index (χ1v) is 5.84. The topological polar surface area (TPSA) is 81.7 Å². The third kappa shape index (κ3) is 2.45. The van der Waals surface area contributed by atoms with Crippen molar-refractivity contribution in [3.63, 3.8) is 0 Å². The highest BCUT2D eigenvalue weighted by Gasteiger charge is 2.13. The fraction of sp³-hybridized carbons (Fsp3) is 0.273. The molecule has 2 aromatic rings. The molecule has 94 valence electrons. The molecule has 1 atom stereocenters. The highest BCUT2D eigenvalue weighted by molar-refractivity contribution is 7.80. The minimum atomic E-state index is -0.0187. The lowest BCUT2D eigenvalue weighted by Gasteiger charge is -2.16. The predicted molar refractivity (Wildman–Crippen MR) is 73.2 cm³/mol. The van der Waals surface area contributed by atoms with Gasteiger partial charge in [-0.15, -0.1) is 10.2 Å². The molecule has 6 nitrogen and oxygen atoms in total. The van der Waals surface area contributed by atoms with Crippen LogP contribution in [0.15, 0.2) is 24.8 Å². The number of pyridine rings is 1. The van der Waals surface area contributed by atoms with Gasteiger partial charge < -0.3 is 15.6 Å². The first-order chi connectivity index (χ1) is 8.59. The van der Waals surface area contributed by atoms with Crippen molar-refractivity contribution >= 4 is 22.9 Å². The maximum absolute atomic E-state index is 5.67. The summed E-state index contributed by atoms with van der Waals surface area (Å²) in [5.74, 6) is 0.827. The second-order valence-corrected chi connectivity index (χ2v) is 4.39. The normalized spacial score (nSPS) is 12.1. The predicted octanol–water partition coefficient (Wildman–Crippen LogP) is 1.02. The first kappa shape index (κ1) is 12.4. The minimum Gasteiger partial charge on any atom is -0.389 e. The Morgan fingerprint density at radius 1 is 1.56 bits per heavy atom. The lowest BCUT2D eigenvalue weighted by Crippen LogP contribution is -2.17. The molecular formula is C11H14N6S. The molecule has 2 heterocycles. The van der Waals surface area contributed by atoms with Crippen LogP contribution in [-0.2, 0) is 7.05 Å². The van der Waals surface area contributed by atoms with Gasteiger partial charge in [0.05, 0.1) is 17.9 Å². The smallest absolute Gasteiger partial charge is 0.154 e. The number of aryl methyl sites for hydroxylation is 1. The molecule has 0 spiro atoms. The fourth-order valence-electron chi connectivity index (χ4n) is 1.71. The van der Waals surface area contributed by atoms with E-state index in [4.69, 9.17) is 18.0 Å². The van der Waals surface area contributed by atoms with E-state index in [9.17, 15) is 0 Å². The van der Waals surface area contributed by atoms with Gasteiger partial charge in [-0.05, 0) is 13.0 Å². The van der Waals surface area contributed by atoms with Crippen LogP contribution < -0.4 is 11.1 Å². The lowest BCUT2D eigenvalue weighted by molar-refractivity contribution is 0.719. The van der Waals surface area contributed by atoms with Crippen molar-refractivity contribution in [2.45, 2.75) is 13.0 Å². The Morgan fingerprint density at radius 3 is 2.94 bits per heavy atom. The molecule has 18 heavy (non-hydrogen) atoms. The fourth-order valence-corrected chi connectivity index (χ4v) is 1.88. The Balaban J connectivity index is 2.25. The molecular weight excluding hydrogens is 248 g/mol. The Kier molecular flexibility index (Phi) is 3.52. The highest BCUT2D eigenvalue weighted by Crippen LogP contribution is 2.19. The van der Waals surface area contributed by atoms with Crippen molar-refractivity contribution in [2.75, 3.05) is 5.32 Å².